The minimum Gasteiger partial charge on any atom is -0.504 e. The van der Waals surface area contributed by atoms with Crippen LogP contribution in [-0.4, -0.2) is 18.8 Å². The van der Waals surface area contributed by atoms with E-state index in [-0.39, 0.29) is 17.5 Å². The molecule has 2 N–H and O–H groups in total. The number of phenols is 1. The molecule has 1 aliphatic rings. The molecule has 0 radical (unpaired) electrons. The summed E-state index contributed by atoms with van der Waals surface area (Å²) in [5, 5.41) is 13.2. The van der Waals surface area contributed by atoms with E-state index in [4.69, 9.17) is 4.74 Å². The maximum atomic E-state index is 13.6. The summed E-state index contributed by atoms with van der Waals surface area (Å²) >= 11 is 3.17. The lowest BCUT2D eigenvalue weighted by Gasteiger charge is -2.17. The quantitative estimate of drug-likeness (QED) is 0.880. The van der Waals surface area contributed by atoms with Crippen molar-refractivity contribution in [2.75, 3.05) is 13.7 Å². The van der Waals surface area contributed by atoms with Crippen LogP contribution in [0.1, 0.15) is 24.4 Å². The lowest BCUT2D eigenvalue weighted by Crippen LogP contribution is -2.14. The number of hydrogen-bond acceptors (Lipinski definition) is 3. The summed E-state index contributed by atoms with van der Waals surface area (Å²) in [4.78, 5) is 0. The van der Waals surface area contributed by atoms with Gasteiger partial charge in [-0.15, -0.1) is 0 Å². The number of hydrogen-bond donors (Lipinski definition) is 2. The van der Waals surface area contributed by atoms with Crippen LogP contribution in [0.2, 0.25) is 0 Å². The number of phenolic OH excluding ortho intramolecular Hbond substituents is 1. The number of benzene rings is 1. The van der Waals surface area contributed by atoms with E-state index < -0.39 is 5.82 Å². The van der Waals surface area contributed by atoms with E-state index in [1.165, 1.54) is 13.2 Å². The summed E-state index contributed by atoms with van der Waals surface area (Å²) in [5.74, 6) is -0.238. The molecule has 16 heavy (non-hydrogen) atoms. The molecule has 1 saturated heterocycles. The van der Waals surface area contributed by atoms with E-state index in [9.17, 15) is 9.50 Å². The van der Waals surface area contributed by atoms with Gasteiger partial charge in [0.15, 0.2) is 11.5 Å². The Labute approximate surface area is 102 Å². The summed E-state index contributed by atoms with van der Waals surface area (Å²) in [6.45, 7) is 0.884. The van der Waals surface area contributed by atoms with Gasteiger partial charge in [0.05, 0.1) is 11.6 Å². The van der Waals surface area contributed by atoms with E-state index >= 15 is 0 Å². The van der Waals surface area contributed by atoms with E-state index in [0.717, 1.165) is 19.4 Å². The largest absolute Gasteiger partial charge is 0.504 e. The Hall–Kier alpha value is -0.810. The Morgan fingerprint density at radius 1 is 1.62 bits per heavy atom. The molecule has 88 valence electrons. The zero-order chi connectivity index (χ0) is 11.7. The topological polar surface area (TPSA) is 41.5 Å². The summed E-state index contributed by atoms with van der Waals surface area (Å²) in [5.41, 5.74) is 0.550. The van der Waals surface area contributed by atoms with Crippen molar-refractivity contribution in [2.24, 2.45) is 0 Å². The van der Waals surface area contributed by atoms with Crippen LogP contribution in [0.5, 0.6) is 11.5 Å². The first-order valence-corrected chi connectivity index (χ1v) is 5.92. The molecule has 0 aromatic heterocycles. The summed E-state index contributed by atoms with van der Waals surface area (Å²) < 4.78 is 18.8. The Bertz CT molecular complexity index is 405. The fourth-order valence-corrected chi connectivity index (χ4v) is 2.60. The number of halogens is 2. The molecule has 0 spiro atoms. The smallest absolute Gasteiger partial charge is 0.163 e. The summed E-state index contributed by atoms with van der Waals surface area (Å²) in [6.07, 6.45) is 1.91. The molecule has 1 aromatic rings. The van der Waals surface area contributed by atoms with E-state index in [1.54, 1.807) is 0 Å². The van der Waals surface area contributed by atoms with Crippen molar-refractivity contribution in [3.8, 4) is 11.5 Å². The van der Waals surface area contributed by atoms with Crippen LogP contribution in [0.15, 0.2) is 10.5 Å². The third kappa shape index (κ3) is 1.89. The predicted molar refractivity (Wildman–Crippen MR) is 62.3 cm³/mol. The first-order chi connectivity index (χ1) is 7.65. The van der Waals surface area contributed by atoms with Crippen molar-refractivity contribution in [3.05, 3.63) is 21.9 Å². The van der Waals surface area contributed by atoms with Gasteiger partial charge in [0.1, 0.15) is 5.82 Å². The monoisotopic (exact) mass is 289 g/mol. The molecular weight excluding hydrogens is 277 g/mol. The zero-order valence-corrected chi connectivity index (χ0v) is 10.5. The van der Waals surface area contributed by atoms with Crippen LogP contribution in [0.4, 0.5) is 4.39 Å². The second-order valence-corrected chi connectivity index (χ2v) is 4.58. The van der Waals surface area contributed by atoms with Crippen LogP contribution in [0, 0.1) is 5.82 Å². The van der Waals surface area contributed by atoms with Crippen molar-refractivity contribution in [2.45, 2.75) is 18.9 Å². The van der Waals surface area contributed by atoms with Gasteiger partial charge in [0, 0.05) is 17.7 Å². The van der Waals surface area contributed by atoms with E-state index in [0.29, 0.717) is 10.0 Å². The highest BCUT2D eigenvalue weighted by Gasteiger charge is 2.26. The number of ether oxygens (including phenoxy) is 1. The molecular formula is C11H13BrFNO2. The molecule has 3 nitrogen and oxygen atoms in total. The van der Waals surface area contributed by atoms with Gasteiger partial charge in [-0.05, 0) is 35.3 Å². The third-order valence-electron chi connectivity index (χ3n) is 2.82. The minimum atomic E-state index is -0.418. The van der Waals surface area contributed by atoms with Crippen LogP contribution in [0.25, 0.3) is 0 Å². The third-order valence-corrected chi connectivity index (χ3v) is 3.63. The number of rotatable bonds is 2. The van der Waals surface area contributed by atoms with Crippen LogP contribution in [-0.2, 0) is 0 Å². The zero-order valence-electron chi connectivity index (χ0n) is 8.89. The summed E-state index contributed by atoms with van der Waals surface area (Å²) in [6, 6.07) is 1.16. The average Bonchev–Trinajstić information content (AvgIpc) is 2.77. The van der Waals surface area contributed by atoms with Crippen molar-refractivity contribution in [1.82, 2.24) is 5.32 Å². The van der Waals surface area contributed by atoms with E-state index in [2.05, 4.69) is 21.2 Å². The molecule has 1 aliphatic heterocycles. The van der Waals surface area contributed by atoms with Gasteiger partial charge >= 0.3 is 0 Å². The number of methoxy groups -OCH3 is 1. The average molecular weight is 290 g/mol. The lowest BCUT2D eigenvalue weighted by molar-refractivity contribution is 0.363. The molecule has 2 rings (SSSR count). The van der Waals surface area contributed by atoms with Crippen molar-refractivity contribution in [1.29, 1.82) is 0 Å². The molecule has 1 heterocycles. The van der Waals surface area contributed by atoms with Gasteiger partial charge in [-0.2, -0.15) is 0 Å². The van der Waals surface area contributed by atoms with Gasteiger partial charge in [0.2, 0.25) is 0 Å². The number of nitrogens with one attached hydrogen (secondary N) is 1. The molecule has 5 heteroatoms. The van der Waals surface area contributed by atoms with Crippen molar-refractivity contribution >= 4 is 15.9 Å². The molecule has 0 bridgehead atoms. The second-order valence-electron chi connectivity index (χ2n) is 3.79. The molecule has 1 unspecified atom stereocenters. The highest BCUT2D eigenvalue weighted by Crippen LogP contribution is 2.42. The Morgan fingerprint density at radius 2 is 2.38 bits per heavy atom. The fourth-order valence-electron chi connectivity index (χ4n) is 2.02. The minimum absolute atomic E-state index is 0.00942. The van der Waals surface area contributed by atoms with Gasteiger partial charge in [-0.25, -0.2) is 4.39 Å². The van der Waals surface area contributed by atoms with Crippen LogP contribution >= 0.6 is 15.9 Å². The van der Waals surface area contributed by atoms with Gasteiger partial charge < -0.3 is 15.2 Å². The van der Waals surface area contributed by atoms with Crippen LogP contribution < -0.4 is 10.1 Å². The fraction of sp³-hybridized carbons (Fsp3) is 0.455. The molecule has 0 saturated carbocycles. The highest BCUT2D eigenvalue weighted by atomic mass is 79.9. The predicted octanol–water partition coefficient (Wildman–Crippen LogP) is 2.73. The highest BCUT2D eigenvalue weighted by molar-refractivity contribution is 9.10. The standard InChI is InChI=1S/C11H13BrFNO2/c1-16-8-5-6(13)10(12)9(11(8)15)7-3-2-4-14-7/h5,7,14-15H,2-4H2,1H3. The SMILES string of the molecule is COc1cc(F)c(Br)c(C2CCCN2)c1O. The first-order valence-electron chi connectivity index (χ1n) is 5.13. The normalized spacial score (nSPS) is 20.1. The molecule has 0 aliphatic carbocycles. The molecule has 1 atom stereocenters. The Balaban J connectivity index is 2.52. The molecule has 1 fully saturated rings. The first kappa shape index (κ1) is 11.7. The lowest BCUT2D eigenvalue weighted by atomic mass is 10.0. The number of aromatic hydroxyl groups is 1. The van der Waals surface area contributed by atoms with Crippen LogP contribution in [0.3, 0.4) is 0 Å². The summed E-state index contributed by atoms with van der Waals surface area (Å²) in [7, 11) is 1.41. The molecule has 0 amide bonds. The molecule has 1 aromatic carbocycles. The van der Waals surface area contributed by atoms with Crippen molar-refractivity contribution in [3.63, 3.8) is 0 Å². The van der Waals surface area contributed by atoms with Gasteiger partial charge in [-0.3, -0.25) is 0 Å². The Kier molecular flexibility index (Phi) is 3.35. The van der Waals surface area contributed by atoms with E-state index in [1.807, 2.05) is 0 Å². The van der Waals surface area contributed by atoms with Gasteiger partial charge in [0.25, 0.3) is 0 Å². The maximum absolute atomic E-state index is 13.6. The maximum Gasteiger partial charge on any atom is 0.163 e. The van der Waals surface area contributed by atoms with Gasteiger partial charge in [-0.1, -0.05) is 0 Å². The second kappa shape index (κ2) is 4.59. The van der Waals surface area contributed by atoms with Crippen molar-refractivity contribution < 1.29 is 14.2 Å². The Morgan fingerprint density at radius 3 is 2.94 bits per heavy atom.